The van der Waals surface area contributed by atoms with Crippen molar-refractivity contribution in [2.24, 2.45) is 0 Å². The maximum absolute atomic E-state index is 13.8. The van der Waals surface area contributed by atoms with E-state index in [-0.39, 0.29) is 25.3 Å². The molecular formula is C32H33N3O4. The number of pyridine rings is 2. The molecule has 1 amide bonds. The van der Waals surface area contributed by atoms with Crippen molar-refractivity contribution in [1.29, 1.82) is 0 Å². The summed E-state index contributed by atoms with van der Waals surface area (Å²) in [6.07, 6.45) is 7.68. The maximum atomic E-state index is 13.8. The van der Waals surface area contributed by atoms with E-state index in [9.17, 15) is 9.59 Å². The zero-order chi connectivity index (χ0) is 28.2. The molecule has 0 saturated heterocycles. The van der Waals surface area contributed by atoms with Gasteiger partial charge in [0.15, 0.2) is 0 Å². The summed E-state index contributed by atoms with van der Waals surface area (Å²) in [5, 5.41) is 8.81. The van der Waals surface area contributed by atoms with Crippen molar-refractivity contribution in [2.75, 3.05) is 13.1 Å². The molecule has 7 heteroatoms. The number of hydrogen-bond acceptors (Lipinski definition) is 5. The number of benzene rings is 2. The van der Waals surface area contributed by atoms with Gasteiger partial charge in [0.2, 0.25) is 0 Å². The van der Waals surface area contributed by atoms with Crippen LogP contribution in [0.2, 0.25) is 0 Å². The molecule has 0 fully saturated rings. The first-order valence-electron chi connectivity index (χ1n) is 13.6. The minimum atomic E-state index is -0.869. The van der Waals surface area contributed by atoms with E-state index in [0.717, 1.165) is 35.2 Å². The number of aliphatic carboxylic acids is 1. The number of nitrogens with zero attached hydrogens (tertiary/aromatic N) is 3. The third-order valence-electron chi connectivity index (χ3n) is 6.26. The molecule has 2 aromatic carbocycles. The largest absolute Gasteiger partial charge is 0.493 e. The normalized spacial score (nSPS) is 11.8. The van der Waals surface area contributed by atoms with Crippen LogP contribution in [0.4, 0.5) is 0 Å². The van der Waals surface area contributed by atoms with Gasteiger partial charge in [0.05, 0.1) is 6.61 Å². The number of aromatic nitrogens is 2. The van der Waals surface area contributed by atoms with Gasteiger partial charge in [-0.1, -0.05) is 36.4 Å². The highest BCUT2D eigenvalue weighted by Crippen LogP contribution is 2.23. The van der Waals surface area contributed by atoms with Crippen molar-refractivity contribution in [1.82, 2.24) is 14.9 Å². The van der Waals surface area contributed by atoms with Crippen LogP contribution in [0.5, 0.6) is 5.75 Å². The fraction of sp³-hybridized carbons (Fsp3) is 0.250. The number of hydrogen-bond donors (Lipinski definition) is 1. The second kappa shape index (κ2) is 14.4. The molecule has 4 rings (SSSR count). The molecule has 0 radical (unpaired) electrons. The van der Waals surface area contributed by atoms with Gasteiger partial charge in [-0.2, -0.15) is 0 Å². The van der Waals surface area contributed by atoms with Crippen molar-refractivity contribution < 1.29 is 20.8 Å². The van der Waals surface area contributed by atoms with E-state index in [1.54, 1.807) is 35.6 Å². The first-order chi connectivity index (χ1) is 19.5. The number of carboxylic acid groups (broad SMARTS) is 1. The highest BCUT2D eigenvalue weighted by atomic mass is 16.5. The van der Waals surface area contributed by atoms with Crippen LogP contribution >= 0.6 is 0 Å². The van der Waals surface area contributed by atoms with Gasteiger partial charge in [-0.3, -0.25) is 19.6 Å². The van der Waals surface area contributed by atoms with Crippen LogP contribution in [0.15, 0.2) is 97.5 Å². The summed E-state index contributed by atoms with van der Waals surface area (Å²) in [5.41, 5.74) is 4.01. The fourth-order valence-electron chi connectivity index (χ4n) is 4.15. The SMILES string of the molecule is [2H]C(Cc1ccccn1)N(Cc1ccccc1OCCCCCC(=O)O)C(=O)c1ccc(-c2ccncc2)cc1. The van der Waals surface area contributed by atoms with Gasteiger partial charge in [0.25, 0.3) is 5.91 Å². The van der Waals surface area contributed by atoms with Crippen molar-refractivity contribution in [2.45, 2.75) is 38.6 Å². The van der Waals surface area contributed by atoms with Crippen LogP contribution < -0.4 is 4.74 Å². The average molecular weight is 525 g/mol. The summed E-state index contributed by atoms with van der Waals surface area (Å²) in [5.74, 6) is -0.393. The molecule has 0 saturated carbocycles. The van der Waals surface area contributed by atoms with Gasteiger partial charge in [-0.15, -0.1) is 0 Å². The van der Waals surface area contributed by atoms with E-state index in [1.807, 2.05) is 66.7 Å². The molecule has 39 heavy (non-hydrogen) atoms. The van der Waals surface area contributed by atoms with Crippen LogP contribution in [-0.4, -0.2) is 45.0 Å². The van der Waals surface area contributed by atoms with Gasteiger partial charge < -0.3 is 14.7 Å². The van der Waals surface area contributed by atoms with E-state index in [0.29, 0.717) is 24.3 Å². The van der Waals surface area contributed by atoms with Crippen molar-refractivity contribution in [3.8, 4) is 16.9 Å². The highest BCUT2D eigenvalue weighted by molar-refractivity contribution is 5.94. The number of carbonyl (C=O) groups is 2. The van der Waals surface area contributed by atoms with E-state index in [2.05, 4.69) is 9.97 Å². The minimum Gasteiger partial charge on any atom is -0.493 e. The second-order valence-corrected chi connectivity index (χ2v) is 9.11. The van der Waals surface area contributed by atoms with E-state index in [4.69, 9.17) is 11.2 Å². The van der Waals surface area contributed by atoms with Gasteiger partial charge in [-0.25, -0.2) is 0 Å². The molecule has 4 aromatic rings. The Morgan fingerprint density at radius 2 is 1.59 bits per heavy atom. The quantitative estimate of drug-likeness (QED) is 0.202. The Bertz CT molecular complexity index is 1370. The molecule has 7 nitrogen and oxygen atoms in total. The van der Waals surface area contributed by atoms with Crippen LogP contribution in [0.3, 0.4) is 0 Å². The molecular weight excluding hydrogens is 490 g/mol. The summed E-state index contributed by atoms with van der Waals surface area (Å²) >= 11 is 0. The lowest BCUT2D eigenvalue weighted by molar-refractivity contribution is -0.137. The number of amides is 1. The average Bonchev–Trinajstić information content (AvgIpc) is 2.99. The molecule has 0 spiro atoms. The van der Waals surface area contributed by atoms with Crippen molar-refractivity contribution in [3.05, 3.63) is 114 Å². The predicted molar refractivity (Wildman–Crippen MR) is 150 cm³/mol. The number of unbranched alkanes of at least 4 members (excludes halogenated alkanes) is 2. The number of rotatable bonds is 14. The maximum Gasteiger partial charge on any atom is 0.303 e. The van der Waals surface area contributed by atoms with E-state index >= 15 is 0 Å². The van der Waals surface area contributed by atoms with Gasteiger partial charge >= 0.3 is 5.97 Å². The zero-order valence-corrected chi connectivity index (χ0v) is 21.8. The lowest BCUT2D eigenvalue weighted by Gasteiger charge is -2.24. The summed E-state index contributed by atoms with van der Waals surface area (Å²) in [7, 11) is 0. The molecule has 0 aliphatic heterocycles. The molecule has 1 unspecified atom stereocenters. The molecule has 2 aromatic heterocycles. The topological polar surface area (TPSA) is 92.6 Å². The van der Waals surface area contributed by atoms with E-state index in [1.165, 1.54) is 0 Å². The summed E-state index contributed by atoms with van der Waals surface area (Å²) in [6.45, 7) is -0.230. The van der Waals surface area contributed by atoms with Gasteiger partial charge in [-0.05, 0) is 72.9 Å². The monoisotopic (exact) mass is 524 g/mol. The Hall–Kier alpha value is -4.52. The van der Waals surface area contributed by atoms with Crippen LogP contribution in [0.1, 0.15) is 48.7 Å². The first-order valence-corrected chi connectivity index (χ1v) is 13.1. The molecule has 1 N–H and O–H groups in total. The number of aryl methyl sites for hydroxylation is 1. The zero-order valence-electron chi connectivity index (χ0n) is 22.8. The van der Waals surface area contributed by atoms with Crippen LogP contribution in [0.25, 0.3) is 11.1 Å². The number of ether oxygens (including phenoxy) is 1. The Morgan fingerprint density at radius 1 is 0.846 bits per heavy atom. The fourth-order valence-corrected chi connectivity index (χ4v) is 4.15. The second-order valence-electron chi connectivity index (χ2n) is 9.11. The first kappa shape index (κ1) is 26.1. The smallest absolute Gasteiger partial charge is 0.303 e. The van der Waals surface area contributed by atoms with Gasteiger partial charge in [0.1, 0.15) is 5.75 Å². The number of carbonyl (C=O) groups excluding carboxylic acids is 1. The molecule has 0 aliphatic rings. The third kappa shape index (κ3) is 8.50. The predicted octanol–water partition coefficient (Wildman–Crippen LogP) is 6.05. The van der Waals surface area contributed by atoms with Gasteiger partial charge in [0, 0.05) is 62.7 Å². The Balaban J connectivity index is 1.51. The molecule has 0 bridgehead atoms. The van der Waals surface area contributed by atoms with E-state index < -0.39 is 12.5 Å². The molecule has 200 valence electrons. The summed E-state index contributed by atoms with van der Waals surface area (Å²) in [4.78, 5) is 34.5. The third-order valence-corrected chi connectivity index (χ3v) is 6.26. The minimum absolute atomic E-state index is 0.151. The van der Waals surface area contributed by atoms with Crippen LogP contribution in [-0.2, 0) is 17.8 Å². The summed E-state index contributed by atoms with van der Waals surface area (Å²) < 4.78 is 15.0. The Kier molecular flexibility index (Phi) is 9.66. The lowest BCUT2D eigenvalue weighted by atomic mass is 10.0. The van der Waals surface area contributed by atoms with Crippen molar-refractivity contribution >= 4 is 11.9 Å². The lowest BCUT2D eigenvalue weighted by Crippen LogP contribution is -2.32. The highest BCUT2D eigenvalue weighted by Gasteiger charge is 2.18. The standard InChI is InChI=1S/C32H33N3O4/c36-31(37)11-2-1-7-23-39-30-10-4-3-8-28(30)24-35(22-18-29-9-5-6-19-34-29)32(38)27-14-12-25(13-15-27)26-16-20-33-21-17-26/h3-6,8-10,12-17,19-21H,1-2,7,11,18,22-24H2,(H,36,37)/i22D. The Morgan fingerprint density at radius 3 is 2.33 bits per heavy atom. The molecule has 0 aliphatic carbocycles. The summed E-state index contributed by atoms with van der Waals surface area (Å²) in [6, 6.07) is 24.3. The molecule has 1 atom stereocenters. The number of para-hydroxylation sites is 1. The van der Waals surface area contributed by atoms with Crippen molar-refractivity contribution in [3.63, 3.8) is 0 Å². The Labute approximate surface area is 230 Å². The van der Waals surface area contributed by atoms with Crippen LogP contribution in [0, 0.1) is 0 Å². The molecule has 2 heterocycles. The number of carboxylic acids is 1.